The van der Waals surface area contributed by atoms with E-state index in [-0.39, 0.29) is 0 Å². The van der Waals surface area contributed by atoms with Gasteiger partial charge in [-0.15, -0.1) is 11.3 Å². The standard InChI is InChI=1S/C9H6N2OS/c1-2-10-3-8-6(1)9-7(4-12-8)11-5-13-9/h1-3,5H,4H2. The summed E-state index contributed by atoms with van der Waals surface area (Å²) in [5, 5.41) is 0. The molecule has 2 aromatic rings. The third kappa shape index (κ3) is 0.954. The van der Waals surface area contributed by atoms with Crippen LogP contribution >= 0.6 is 11.3 Å². The molecular weight excluding hydrogens is 184 g/mol. The molecule has 4 heteroatoms. The van der Waals surface area contributed by atoms with Crippen LogP contribution in [-0.2, 0) is 6.61 Å². The first-order valence-electron chi connectivity index (χ1n) is 3.95. The molecule has 0 bridgehead atoms. The van der Waals surface area contributed by atoms with Crippen molar-refractivity contribution >= 4 is 11.3 Å². The van der Waals surface area contributed by atoms with Crippen LogP contribution in [0, 0.1) is 0 Å². The Kier molecular flexibility index (Phi) is 1.37. The van der Waals surface area contributed by atoms with Gasteiger partial charge in [-0.05, 0) is 6.07 Å². The zero-order chi connectivity index (χ0) is 8.67. The molecule has 1 aliphatic heterocycles. The molecule has 0 saturated heterocycles. The van der Waals surface area contributed by atoms with Gasteiger partial charge in [-0.3, -0.25) is 4.98 Å². The Balaban J connectivity index is 2.30. The van der Waals surface area contributed by atoms with Crippen LogP contribution in [0.3, 0.4) is 0 Å². The van der Waals surface area contributed by atoms with E-state index in [2.05, 4.69) is 9.97 Å². The van der Waals surface area contributed by atoms with Gasteiger partial charge < -0.3 is 4.74 Å². The van der Waals surface area contributed by atoms with Gasteiger partial charge in [0, 0.05) is 11.8 Å². The second-order valence-corrected chi connectivity index (χ2v) is 3.64. The molecule has 0 saturated carbocycles. The Morgan fingerprint density at radius 3 is 3.46 bits per heavy atom. The molecule has 2 aromatic heterocycles. The number of hydrogen-bond acceptors (Lipinski definition) is 4. The average molecular weight is 190 g/mol. The van der Waals surface area contributed by atoms with E-state index in [0.29, 0.717) is 6.61 Å². The van der Waals surface area contributed by atoms with Crippen molar-refractivity contribution in [3.63, 3.8) is 0 Å². The molecule has 64 valence electrons. The maximum Gasteiger partial charge on any atom is 0.146 e. The molecule has 0 spiro atoms. The normalized spacial score (nSPS) is 12.9. The fourth-order valence-electron chi connectivity index (χ4n) is 1.42. The second kappa shape index (κ2) is 2.53. The summed E-state index contributed by atoms with van der Waals surface area (Å²) in [4.78, 5) is 9.45. The molecule has 3 rings (SSSR count). The molecule has 0 amide bonds. The summed E-state index contributed by atoms with van der Waals surface area (Å²) < 4.78 is 5.49. The number of thiazole rings is 1. The molecule has 0 aliphatic carbocycles. The quantitative estimate of drug-likeness (QED) is 0.638. The molecule has 1 aliphatic rings. The summed E-state index contributed by atoms with van der Waals surface area (Å²) in [7, 11) is 0. The minimum Gasteiger partial charge on any atom is -0.485 e. The minimum atomic E-state index is 0.567. The molecule has 0 aromatic carbocycles. The molecule has 0 atom stereocenters. The number of fused-ring (bicyclic) bond motifs is 3. The first kappa shape index (κ1) is 7.03. The van der Waals surface area contributed by atoms with Crippen molar-refractivity contribution in [2.75, 3.05) is 0 Å². The van der Waals surface area contributed by atoms with Crippen LogP contribution in [0.2, 0.25) is 0 Å². The second-order valence-electron chi connectivity index (χ2n) is 2.79. The van der Waals surface area contributed by atoms with E-state index in [1.165, 1.54) is 4.88 Å². The number of ether oxygens (including phenoxy) is 1. The van der Waals surface area contributed by atoms with Gasteiger partial charge in [0.25, 0.3) is 0 Å². The van der Waals surface area contributed by atoms with Gasteiger partial charge in [-0.1, -0.05) is 0 Å². The Hall–Kier alpha value is -1.42. The summed E-state index contributed by atoms with van der Waals surface area (Å²) in [6.45, 7) is 0.567. The van der Waals surface area contributed by atoms with E-state index in [0.717, 1.165) is 17.0 Å². The third-order valence-electron chi connectivity index (χ3n) is 2.03. The van der Waals surface area contributed by atoms with Crippen molar-refractivity contribution in [1.82, 2.24) is 9.97 Å². The highest BCUT2D eigenvalue weighted by atomic mass is 32.1. The average Bonchev–Trinajstić information content (AvgIpc) is 2.65. The SMILES string of the molecule is c1cc2c(cn1)OCc1ncsc1-2. The zero-order valence-corrected chi connectivity index (χ0v) is 7.54. The molecule has 0 unspecified atom stereocenters. The van der Waals surface area contributed by atoms with Crippen LogP contribution in [0.1, 0.15) is 5.69 Å². The molecule has 0 radical (unpaired) electrons. The first-order valence-corrected chi connectivity index (χ1v) is 4.82. The molecule has 0 N–H and O–H groups in total. The van der Waals surface area contributed by atoms with Crippen LogP contribution < -0.4 is 4.74 Å². The van der Waals surface area contributed by atoms with Crippen molar-refractivity contribution in [2.45, 2.75) is 6.61 Å². The van der Waals surface area contributed by atoms with Crippen molar-refractivity contribution in [3.8, 4) is 16.2 Å². The van der Waals surface area contributed by atoms with Gasteiger partial charge in [0.1, 0.15) is 12.4 Å². The number of nitrogens with zero attached hydrogens (tertiary/aromatic N) is 2. The number of aromatic nitrogens is 2. The summed E-state index contributed by atoms with van der Waals surface area (Å²) >= 11 is 1.65. The van der Waals surface area contributed by atoms with E-state index < -0.39 is 0 Å². The third-order valence-corrected chi connectivity index (χ3v) is 2.94. The lowest BCUT2D eigenvalue weighted by molar-refractivity contribution is 0.297. The maximum absolute atomic E-state index is 5.49. The van der Waals surface area contributed by atoms with Gasteiger partial charge in [0.05, 0.1) is 22.3 Å². The fourth-order valence-corrected chi connectivity index (χ4v) is 2.25. The smallest absolute Gasteiger partial charge is 0.146 e. The van der Waals surface area contributed by atoms with E-state index in [4.69, 9.17) is 4.74 Å². The highest BCUT2D eigenvalue weighted by molar-refractivity contribution is 7.13. The van der Waals surface area contributed by atoms with Crippen molar-refractivity contribution < 1.29 is 4.74 Å². The summed E-state index contributed by atoms with van der Waals surface area (Å²) in [6.07, 6.45) is 3.52. The van der Waals surface area contributed by atoms with E-state index >= 15 is 0 Å². The number of hydrogen-bond donors (Lipinski definition) is 0. The predicted octanol–water partition coefficient (Wildman–Crippen LogP) is 2.10. The summed E-state index contributed by atoms with van der Waals surface area (Å²) in [6, 6.07) is 1.96. The van der Waals surface area contributed by atoms with Gasteiger partial charge in [0.15, 0.2) is 0 Å². The van der Waals surface area contributed by atoms with E-state index in [1.54, 1.807) is 23.7 Å². The number of pyridine rings is 1. The Morgan fingerprint density at radius 2 is 2.46 bits per heavy atom. The minimum absolute atomic E-state index is 0.567. The van der Waals surface area contributed by atoms with Gasteiger partial charge in [0.2, 0.25) is 0 Å². The topological polar surface area (TPSA) is 35.0 Å². The Bertz CT molecular complexity index is 452. The molecular formula is C9H6N2OS. The van der Waals surface area contributed by atoms with Gasteiger partial charge in [-0.25, -0.2) is 4.98 Å². The highest BCUT2D eigenvalue weighted by Crippen LogP contribution is 2.38. The van der Waals surface area contributed by atoms with E-state index in [9.17, 15) is 0 Å². The summed E-state index contributed by atoms with van der Waals surface area (Å²) in [5.41, 5.74) is 3.99. The van der Waals surface area contributed by atoms with Crippen LogP contribution in [-0.4, -0.2) is 9.97 Å². The Morgan fingerprint density at radius 1 is 1.46 bits per heavy atom. The molecule has 3 heterocycles. The van der Waals surface area contributed by atoms with Crippen molar-refractivity contribution in [2.24, 2.45) is 0 Å². The summed E-state index contributed by atoms with van der Waals surface area (Å²) in [5.74, 6) is 0.860. The lowest BCUT2D eigenvalue weighted by Crippen LogP contribution is -2.04. The zero-order valence-electron chi connectivity index (χ0n) is 6.73. The number of rotatable bonds is 0. The van der Waals surface area contributed by atoms with Crippen LogP contribution in [0.5, 0.6) is 5.75 Å². The largest absolute Gasteiger partial charge is 0.485 e. The van der Waals surface area contributed by atoms with Gasteiger partial charge >= 0.3 is 0 Å². The molecule has 13 heavy (non-hydrogen) atoms. The van der Waals surface area contributed by atoms with Crippen LogP contribution in [0.15, 0.2) is 24.0 Å². The Labute approximate surface area is 79.0 Å². The van der Waals surface area contributed by atoms with Crippen LogP contribution in [0.25, 0.3) is 10.4 Å². The molecule has 3 nitrogen and oxygen atoms in total. The van der Waals surface area contributed by atoms with Gasteiger partial charge in [-0.2, -0.15) is 0 Å². The fraction of sp³-hybridized carbons (Fsp3) is 0.111. The van der Waals surface area contributed by atoms with Crippen molar-refractivity contribution in [1.29, 1.82) is 0 Å². The van der Waals surface area contributed by atoms with Crippen LogP contribution in [0.4, 0.5) is 0 Å². The monoisotopic (exact) mass is 190 g/mol. The van der Waals surface area contributed by atoms with E-state index in [1.807, 2.05) is 11.6 Å². The van der Waals surface area contributed by atoms with Crippen molar-refractivity contribution in [3.05, 3.63) is 29.7 Å². The maximum atomic E-state index is 5.49. The lowest BCUT2D eigenvalue weighted by atomic mass is 10.1. The predicted molar refractivity (Wildman–Crippen MR) is 49.7 cm³/mol. The first-order chi connectivity index (χ1) is 6.45. The molecule has 0 fully saturated rings. The highest BCUT2D eigenvalue weighted by Gasteiger charge is 2.18. The lowest BCUT2D eigenvalue weighted by Gasteiger charge is -2.15.